The Bertz CT molecular complexity index is 1100. The van der Waals surface area contributed by atoms with Crippen molar-refractivity contribution in [3.63, 3.8) is 0 Å². The minimum atomic E-state index is 0.0664. The molecule has 36 heavy (non-hydrogen) atoms. The largest absolute Gasteiger partial charge is 0.343 e. The molecule has 0 saturated carbocycles. The number of likely N-dealkylation sites (N-methyl/N-ethyl adjacent to an activating group) is 1. The van der Waals surface area contributed by atoms with Gasteiger partial charge < -0.3 is 9.80 Å². The summed E-state index contributed by atoms with van der Waals surface area (Å²) in [5, 5.41) is 4.21. The molecule has 0 radical (unpaired) electrons. The number of carbonyl (C=O) groups is 2. The number of rotatable bonds is 10. The van der Waals surface area contributed by atoms with Crippen LogP contribution in [0.15, 0.2) is 73.1 Å². The van der Waals surface area contributed by atoms with E-state index in [1.165, 1.54) is 16.7 Å². The van der Waals surface area contributed by atoms with Crippen molar-refractivity contribution in [3.8, 4) is 0 Å². The second kappa shape index (κ2) is 12.5. The number of carbonyl (C=O) groups excluding carboxylic acids is 2. The molecule has 2 heterocycles. The number of benzene rings is 2. The van der Waals surface area contributed by atoms with E-state index in [9.17, 15) is 9.59 Å². The van der Waals surface area contributed by atoms with Crippen molar-refractivity contribution in [2.45, 2.75) is 58.0 Å². The van der Waals surface area contributed by atoms with Crippen molar-refractivity contribution >= 4 is 11.8 Å². The molecule has 3 aromatic rings. The topological polar surface area (TPSA) is 58.4 Å². The number of hydrogen-bond acceptors (Lipinski definition) is 3. The van der Waals surface area contributed by atoms with Crippen LogP contribution in [0.5, 0.6) is 0 Å². The lowest BCUT2D eigenvalue weighted by Crippen LogP contribution is -2.49. The van der Waals surface area contributed by atoms with Crippen molar-refractivity contribution in [1.82, 2.24) is 19.6 Å². The smallest absolute Gasteiger partial charge is 0.244 e. The lowest BCUT2D eigenvalue weighted by atomic mass is 9.84. The van der Waals surface area contributed by atoms with Gasteiger partial charge in [-0.25, -0.2) is 0 Å². The number of aromatic nitrogens is 2. The van der Waals surface area contributed by atoms with Gasteiger partial charge in [-0.05, 0) is 67.7 Å². The molecule has 0 spiro atoms. The van der Waals surface area contributed by atoms with Gasteiger partial charge >= 0.3 is 0 Å². The molecule has 1 aliphatic rings. The molecule has 2 aromatic carbocycles. The highest BCUT2D eigenvalue weighted by Gasteiger charge is 2.33. The molecule has 1 saturated heterocycles. The van der Waals surface area contributed by atoms with Gasteiger partial charge in [0.25, 0.3) is 0 Å². The first kappa shape index (κ1) is 25.7. The third-order valence-corrected chi connectivity index (χ3v) is 7.57. The van der Waals surface area contributed by atoms with Gasteiger partial charge in [-0.2, -0.15) is 5.10 Å². The Morgan fingerprint density at radius 1 is 1.03 bits per heavy atom. The molecule has 1 aromatic heterocycles. The number of nitrogens with zero attached hydrogens (tertiary/aromatic N) is 4. The molecule has 0 bridgehead atoms. The van der Waals surface area contributed by atoms with Gasteiger partial charge in [-0.3, -0.25) is 14.3 Å². The number of piperidine rings is 1. The predicted octanol–water partition coefficient (Wildman–Crippen LogP) is 4.52. The zero-order valence-corrected chi connectivity index (χ0v) is 21.6. The van der Waals surface area contributed by atoms with Crippen molar-refractivity contribution in [3.05, 3.63) is 89.7 Å². The van der Waals surface area contributed by atoms with Crippen LogP contribution in [0, 0.1) is 12.8 Å². The Kier molecular flexibility index (Phi) is 8.93. The summed E-state index contributed by atoms with van der Waals surface area (Å²) in [7, 11) is 1.93. The molecular weight excluding hydrogens is 448 g/mol. The summed E-state index contributed by atoms with van der Waals surface area (Å²) in [6, 6.07) is 20.7. The standard InChI is InChI=1S/C30H38N4O2/c1-24-10-6-7-14-27(24)22-28(32(2)30(36)23-34-19-9-18-31-34)26-16-20-33(21-17-26)29(35)15-8-13-25-11-4-3-5-12-25/h3-7,9-12,14,18-19,26,28H,8,13,15-17,20-23H2,1-2H3/t28-/m1/s1. The monoisotopic (exact) mass is 486 g/mol. The average molecular weight is 487 g/mol. The van der Waals surface area contributed by atoms with E-state index in [0.717, 1.165) is 45.2 Å². The van der Waals surface area contributed by atoms with Crippen LogP contribution in [-0.2, 0) is 29.0 Å². The summed E-state index contributed by atoms with van der Waals surface area (Å²) in [6.07, 6.45) is 8.58. The van der Waals surface area contributed by atoms with Crippen LogP contribution in [-0.4, -0.2) is 57.6 Å². The molecule has 0 N–H and O–H groups in total. The fourth-order valence-electron chi connectivity index (χ4n) is 5.29. The zero-order chi connectivity index (χ0) is 25.3. The van der Waals surface area contributed by atoms with Crippen molar-refractivity contribution in [2.75, 3.05) is 20.1 Å². The van der Waals surface area contributed by atoms with E-state index in [1.807, 2.05) is 47.3 Å². The van der Waals surface area contributed by atoms with Gasteiger partial charge in [0, 0.05) is 45.0 Å². The minimum Gasteiger partial charge on any atom is -0.343 e. The van der Waals surface area contributed by atoms with Gasteiger partial charge in [-0.15, -0.1) is 0 Å². The van der Waals surface area contributed by atoms with Crippen LogP contribution < -0.4 is 0 Å². The van der Waals surface area contributed by atoms with Crippen molar-refractivity contribution < 1.29 is 9.59 Å². The van der Waals surface area contributed by atoms with E-state index in [-0.39, 0.29) is 24.4 Å². The Morgan fingerprint density at radius 3 is 2.44 bits per heavy atom. The predicted molar refractivity (Wildman–Crippen MR) is 142 cm³/mol. The molecule has 1 aliphatic heterocycles. The van der Waals surface area contributed by atoms with Crippen LogP contribution in [0.3, 0.4) is 0 Å². The first-order valence-electron chi connectivity index (χ1n) is 13.1. The van der Waals surface area contributed by atoms with E-state index in [4.69, 9.17) is 0 Å². The van der Waals surface area contributed by atoms with E-state index in [1.54, 1.807) is 10.9 Å². The molecular formula is C30H38N4O2. The van der Waals surface area contributed by atoms with Gasteiger partial charge in [0.05, 0.1) is 0 Å². The van der Waals surface area contributed by atoms with Gasteiger partial charge in [0.1, 0.15) is 6.54 Å². The van der Waals surface area contributed by atoms with Gasteiger partial charge in [-0.1, -0.05) is 54.6 Å². The lowest BCUT2D eigenvalue weighted by molar-refractivity contribution is -0.137. The maximum atomic E-state index is 13.2. The Hall–Kier alpha value is -3.41. The van der Waals surface area contributed by atoms with E-state index in [2.05, 4.69) is 48.4 Å². The van der Waals surface area contributed by atoms with Crippen LogP contribution in [0.4, 0.5) is 0 Å². The fourth-order valence-corrected chi connectivity index (χ4v) is 5.29. The van der Waals surface area contributed by atoms with E-state index in [0.29, 0.717) is 12.3 Å². The van der Waals surface area contributed by atoms with Gasteiger partial charge in [0.2, 0.25) is 11.8 Å². The van der Waals surface area contributed by atoms with Crippen molar-refractivity contribution in [2.24, 2.45) is 5.92 Å². The molecule has 0 unspecified atom stereocenters. The Balaban J connectivity index is 1.36. The van der Waals surface area contributed by atoms with Crippen LogP contribution in [0.2, 0.25) is 0 Å². The van der Waals surface area contributed by atoms with E-state index >= 15 is 0 Å². The second-order valence-electron chi connectivity index (χ2n) is 9.96. The summed E-state index contributed by atoms with van der Waals surface area (Å²) in [5.41, 5.74) is 3.81. The summed E-state index contributed by atoms with van der Waals surface area (Å²) in [4.78, 5) is 30.0. The SMILES string of the molecule is Cc1ccccc1C[C@H](C1CCN(C(=O)CCCc2ccccc2)CC1)N(C)C(=O)Cn1cccn1. The minimum absolute atomic E-state index is 0.0664. The molecule has 190 valence electrons. The third kappa shape index (κ3) is 6.84. The highest BCUT2D eigenvalue weighted by Crippen LogP contribution is 2.28. The number of hydrogen-bond donors (Lipinski definition) is 0. The lowest BCUT2D eigenvalue weighted by Gasteiger charge is -2.40. The fraction of sp³-hybridized carbons (Fsp3) is 0.433. The zero-order valence-electron chi connectivity index (χ0n) is 21.6. The molecule has 6 heteroatoms. The van der Waals surface area contributed by atoms with Crippen LogP contribution in [0.25, 0.3) is 0 Å². The van der Waals surface area contributed by atoms with Crippen LogP contribution >= 0.6 is 0 Å². The quantitative estimate of drug-likeness (QED) is 0.423. The normalized spacial score (nSPS) is 15.0. The average Bonchev–Trinajstić information content (AvgIpc) is 3.41. The summed E-state index contributed by atoms with van der Waals surface area (Å²) < 4.78 is 1.68. The number of amides is 2. The van der Waals surface area contributed by atoms with Crippen molar-refractivity contribution in [1.29, 1.82) is 0 Å². The molecule has 4 rings (SSSR count). The molecule has 1 atom stereocenters. The van der Waals surface area contributed by atoms with Gasteiger partial charge in [0.15, 0.2) is 0 Å². The number of aryl methyl sites for hydroxylation is 2. The maximum absolute atomic E-state index is 13.2. The molecule has 1 fully saturated rings. The highest BCUT2D eigenvalue weighted by molar-refractivity contribution is 5.76. The first-order valence-corrected chi connectivity index (χ1v) is 13.1. The second-order valence-corrected chi connectivity index (χ2v) is 9.96. The third-order valence-electron chi connectivity index (χ3n) is 7.57. The Labute approximate surface area is 214 Å². The summed E-state index contributed by atoms with van der Waals surface area (Å²) in [5.74, 6) is 0.671. The molecule has 2 amide bonds. The highest BCUT2D eigenvalue weighted by atomic mass is 16.2. The molecule has 6 nitrogen and oxygen atoms in total. The van der Waals surface area contributed by atoms with E-state index < -0.39 is 0 Å². The summed E-state index contributed by atoms with van der Waals surface area (Å²) in [6.45, 7) is 3.90. The molecule has 0 aliphatic carbocycles. The number of likely N-dealkylation sites (tertiary alicyclic amines) is 1. The maximum Gasteiger partial charge on any atom is 0.244 e. The first-order chi connectivity index (χ1) is 17.5. The Morgan fingerprint density at radius 2 is 1.75 bits per heavy atom. The van der Waals surface area contributed by atoms with Crippen LogP contribution in [0.1, 0.15) is 42.4 Å². The summed E-state index contributed by atoms with van der Waals surface area (Å²) >= 11 is 0.